The molecule has 1 aromatic carbocycles. The zero-order valence-corrected chi connectivity index (χ0v) is 20.9. The van der Waals surface area contributed by atoms with Crippen molar-refractivity contribution in [1.82, 2.24) is 9.62 Å². The average molecular weight is 490 g/mol. The predicted octanol–water partition coefficient (Wildman–Crippen LogP) is 5.16. The summed E-state index contributed by atoms with van der Waals surface area (Å²) >= 11 is 11.7. The Labute approximate surface area is 197 Å². The highest BCUT2D eigenvalue weighted by Crippen LogP contribution is 2.47. The van der Waals surface area contributed by atoms with Gasteiger partial charge < -0.3 is 4.90 Å². The SMILES string of the molecule is C=CC[C@@]1(C)C[C@H](C)[C@@H](c2ccc(Cl)cc2)N([C@@H](CC)CNS(=O)(=O)CCCCl)C1=O. The van der Waals surface area contributed by atoms with Crippen LogP contribution in [0.25, 0.3) is 0 Å². The first-order valence-corrected chi connectivity index (χ1v) is 13.4. The fraction of sp³-hybridized carbons (Fsp3) is 0.609. The van der Waals surface area contributed by atoms with Crippen LogP contribution in [0.3, 0.4) is 0 Å². The summed E-state index contributed by atoms with van der Waals surface area (Å²) in [4.78, 5) is 15.7. The molecule has 0 unspecified atom stereocenters. The molecule has 1 aliphatic rings. The van der Waals surface area contributed by atoms with E-state index >= 15 is 0 Å². The van der Waals surface area contributed by atoms with E-state index in [2.05, 4.69) is 18.2 Å². The summed E-state index contributed by atoms with van der Waals surface area (Å²) in [5.41, 5.74) is 0.448. The highest BCUT2D eigenvalue weighted by atomic mass is 35.5. The lowest BCUT2D eigenvalue weighted by atomic mass is 9.69. The molecule has 0 radical (unpaired) electrons. The zero-order chi connectivity index (χ0) is 23.2. The van der Waals surface area contributed by atoms with Crippen molar-refractivity contribution in [2.24, 2.45) is 11.3 Å². The third kappa shape index (κ3) is 6.47. The van der Waals surface area contributed by atoms with E-state index in [0.29, 0.717) is 30.2 Å². The third-order valence-corrected chi connectivity index (χ3v) is 8.07. The smallest absolute Gasteiger partial charge is 0.229 e. The number of hydrogen-bond donors (Lipinski definition) is 1. The van der Waals surface area contributed by atoms with Crippen molar-refractivity contribution in [3.05, 3.63) is 47.5 Å². The summed E-state index contributed by atoms with van der Waals surface area (Å²) in [7, 11) is -3.45. The van der Waals surface area contributed by atoms with E-state index in [0.717, 1.165) is 12.0 Å². The molecule has 1 fully saturated rings. The van der Waals surface area contributed by atoms with Crippen molar-refractivity contribution in [3.8, 4) is 0 Å². The lowest BCUT2D eigenvalue weighted by molar-refractivity contribution is -0.156. The number of benzene rings is 1. The standard InChI is InChI=1S/C23H34Cl2N2O3S/c1-5-12-23(4)15-17(3)21(18-8-10-19(25)11-9-18)27(22(23)28)20(6-2)16-26-31(29,30)14-7-13-24/h5,8-11,17,20-21,26H,1,6-7,12-16H2,2-4H3/t17-,20-,21-,23-/m0/s1. The number of sulfonamides is 1. The Hall–Kier alpha value is -1.08. The number of amides is 1. The van der Waals surface area contributed by atoms with Gasteiger partial charge in [-0.25, -0.2) is 13.1 Å². The number of alkyl halides is 1. The number of likely N-dealkylation sites (tertiary alicyclic amines) is 1. The van der Waals surface area contributed by atoms with Gasteiger partial charge in [0.15, 0.2) is 0 Å². The summed E-state index contributed by atoms with van der Waals surface area (Å²) in [5, 5.41) is 0.640. The molecule has 0 aliphatic carbocycles. The number of carbonyl (C=O) groups is 1. The molecular weight excluding hydrogens is 455 g/mol. The molecule has 1 aliphatic heterocycles. The van der Waals surface area contributed by atoms with Gasteiger partial charge in [-0.05, 0) is 49.3 Å². The van der Waals surface area contributed by atoms with E-state index in [9.17, 15) is 13.2 Å². The average Bonchev–Trinajstić information content (AvgIpc) is 2.71. The summed E-state index contributed by atoms with van der Waals surface area (Å²) < 4.78 is 27.4. The second-order valence-corrected chi connectivity index (χ2v) is 11.5. The largest absolute Gasteiger partial charge is 0.331 e. The van der Waals surface area contributed by atoms with Crippen molar-refractivity contribution in [2.75, 3.05) is 18.2 Å². The number of halogens is 2. The minimum Gasteiger partial charge on any atom is -0.331 e. The molecule has 8 heteroatoms. The fourth-order valence-corrected chi connectivity index (χ4v) is 6.17. The number of carbonyl (C=O) groups excluding carboxylic acids is 1. The fourth-order valence-electron chi connectivity index (χ4n) is 4.63. The molecule has 5 nitrogen and oxygen atoms in total. The monoisotopic (exact) mass is 488 g/mol. The molecule has 1 saturated heterocycles. The lowest BCUT2D eigenvalue weighted by Crippen LogP contribution is -2.57. The minimum absolute atomic E-state index is 0.0218. The molecule has 31 heavy (non-hydrogen) atoms. The first-order chi connectivity index (χ1) is 14.6. The highest BCUT2D eigenvalue weighted by Gasteiger charge is 2.49. The van der Waals surface area contributed by atoms with Gasteiger partial charge in [0, 0.05) is 23.5 Å². The van der Waals surface area contributed by atoms with E-state index < -0.39 is 15.4 Å². The van der Waals surface area contributed by atoms with E-state index in [1.807, 2.05) is 43.0 Å². The maximum atomic E-state index is 13.8. The van der Waals surface area contributed by atoms with Crippen molar-refractivity contribution in [2.45, 2.75) is 58.5 Å². The minimum atomic E-state index is -3.45. The second-order valence-electron chi connectivity index (χ2n) is 8.72. The third-order valence-electron chi connectivity index (χ3n) is 6.12. The second kappa shape index (κ2) is 11.2. The number of piperidine rings is 1. The Morgan fingerprint density at radius 1 is 1.35 bits per heavy atom. The van der Waals surface area contributed by atoms with Crippen molar-refractivity contribution >= 4 is 39.1 Å². The van der Waals surface area contributed by atoms with Gasteiger partial charge in [0.2, 0.25) is 15.9 Å². The van der Waals surface area contributed by atoms with E-state index in [1.54, 1.807) is 6.08 Å². The Bertz CT molecular complexity index is 860. The summed E-state index contributed by atoms with van der Waals surface area (Å²) in [6.07, 6.45) is 4.13. The van der Waals surface area contributed by atoms with Crippen LogP contribution in [-0.4, -0.2) is 43.4 Å². The zero-order valence-electron chi connectivity index (χ0n) is 18.6. The number of hydrogen-bond acceptors (Lipinski definition) is 3. The maximum absolute atomic E-state index is 13.8. The van der Waals surface area contributed by atoms with Crippen LogP contribution in [0, 0.1) is 11.3 Å². The lowest BCUT2D eigenvalue weighted by Gasteiger charge is -2.51. The number of rotatable bonds is 11. The van der Waals surface area contributed by atoms with Crippen molar-refractivity contribution in [1.29, 1.82) is 0 Å². The molecule has 174 valence electrons. The van der Waals surface area contributed by atoms with E-state index in [-0.39, 0.29) is 36.2 Å². The van der Waals surface area contributed by atoms with Crippen LogP contribution in [0.5, 0.6) is 0 Å². The number of nitrogens with one attached hydrogen (secondary N) is 1. The molecule has 1 amide bonds. The Morgan fingerprint density at radius 2 is 2.00 bits per heavy atom. The Balaban J connectivity index is 2.41. The highest BCUT2D eigenvalue weighted by molar-refractivity contribution is 7.89. The molecule has 0 spiro atoms. The van der Waals surface area contributed by atoms with Gasteiger partial charge in [-0.2, -0.15) is 0 Å². The molecule has 0 aromatic heterocycles. The number of nitrogens with zero attached hydrogens (tertiary/aromatic N) is 1. The van der Waals surface area contributed by atoms with E-state index in [1.165, 1.54) is 0 Å². The summed E-state index contributed by atoms with van der Waals surface area (Å²) in [6, 6.07) is 7.15. The van der Waals surface area contributed by atoms with Crippen LogP contribution in [0.2, 0.25) is 5.02 Å². The van der Waals surface area contributed by atoms with Crippen LogP contribution in [-0.2, 0) is 14.8 Å². The van der Waals surface area contributed by atoms with Gasteiger partial charge in [-0.3, -0.25) is 4.79 Å². The molecule has 2 rings (SSSR count). The molecule has 1 aromatic rings. The van der Waals surface area contributed by atoms with Gasteiger partial charge in [0.1, 0.15) is 0 Å². The van der Waals surface area contributed by atoms with Crippen LogP contribution >= 0.6 is 23.2 Å². The maximum Gasteiger partial charge on any atom is 0.229 e. The van der Waals surface area contributed by atoms with Gasteiger partial charge in [-0.1, -0.05) is 50.6 Å². The summed E-state index contributed by atoms with van der Waals surface area (Å²) in [5.74, 6) is 0.494. The van der Waals surface area contributed by atoms with Crippen molar-refractivity contribution in [3.63, 3.8) is 0 Å². The normalized spacial score (nSPS) is 25.5. The van der Waals surface area contributed by atoms with Gasteiger partial charge in [0.25, 0.3) is 0 Å². The summed E-state index contributed by atoms with van der Waals surface area (Å²) in [6.45, 7) is 10.1. The van der Waals surface area contributed by atoms with Gasteiger partial charge >= 0.3 is 0 Å². The first kappa shape index (κ1) is 26.2. The first-order valence-electron chi connectivity index (χ1n) is 10.8. The Morgan fingerprint density at radius 3 is 2.55 bits per heavy atom. The Kier molecular flexibility index (Phi) is 9.43. The predicted molar refractivity (Wildman–Crippen MR) is 129 cm³/mol. The number of allylic oxidation sites excluding steroid dienone is 1. The molecule has 1 heterocycles. The van der Waals surface area contributed by atoms with Crippen molar-refractivity contribution < 1.29 is 13.2 Å². The van der Waals surface area contributed by atoms with Crippen LogP contribution < -0.4 is 4.72 Å². The van der Waals surface area contributed by atoms with Crippen LogP contribution in [0.1, 0.15) is 58.1 Å². The topological polar surface area (TPSA) is 66.5 Å². The molecule has 0 saturated carbocycles. The molecular formula is C23H34Cl2N2O3S. The van der Waals surface area contributed by atoms with Gasteiger partial charge in [0.05, 0.1) is 17.2 Å². The van der Waals surface area contributed by atoms with Gasteiger partial charge in [-0.15, -0.1) is 18.2 Å². The quantitative estimate of drug-likeness (QED) is 0.345. The van der Waals surface area contributed by atoms with Crippen LogP contribution in [0.15, 0.2) is 36.9 Å². The molecule has 0 bridgehead atoms. The van der Waals surface area contributed by atoms with E-state index in [4.69, 9.17) is 23.2 Å². The van der Waals surface area contributed by atoms with Crippen LogP contribution in [0.4, 0.5) is 0 Å². The molecule has 4 atom stereocenters. The molecule has 1 N–H and O–H groups in total.